The molecule has 68 heavy (non-hydrogen) atoms. The number of rotatable bonds is 11. The Hall–Kier alpha value is -7.46. The Labute approximate surface area is 391 Å². The standard InChI is InChI=1S/C49H51F2N13O4/c1-68-42-5-3-2-4-31(42)22-45(66)61-18-16-60(17-19-61)43-12-6-32(26-53-43)46-47-33(25-52)27-55-64(47)30-41(57-46)34-28-54-63(29-34)37-9-7-36(8-10-37)59-14-20-62(21-15-59)48-38(50)23-35(24-39(48)51)56-40-11-13-44(65)58-49(40)67/h2-6,12,23-24,26-30,36-37,40,56H,7-11,13-22H2,1H3,(H,58,65,67). The summed E-state index contributed by atoms with van der Waals surface area (Å²) >= 11 is 0. The van der Waals surface area contributed by atoms with E-state index >= 15 is 8.78 Å². The van der Waals surface area contributed by atoms with Gasteiger partial charge in [-0.1, -0.05) is 18.2 Å². The Morgan fingerprint density at radius 1 is 0.853 bits per heavy atom. The van der Waals surface area contributed by atoms with Gasteiger partial charge in [-0.15, -0.1) is 0 Å². The molecule has 1 saturated carbocycles. The van der Waals surface area contributed by atoms with E-state index < -0.39 is 23.6 Å². The van der Waals surface area contributed by atoms with Crippen molar-refractivity contribution < 1.29 is 27.9 Å². The molecule has 4 fully saturated rings. The largest absolute Gasteiger partial charge is 0.496 e. The number of benzene rings is 2. The van der Waals surface area contributed by atoms with Gasteiger partial charge in [0, 0.05) is 99.6 Å². The van der Waals surface area contributed by atoms with E-state index in [9.17, 15) is 19.6 Å². The number of hydrogen-bond acceptors (Lipinski definition) is 13. The van der Waals surface area contributed by atoms with Crippen LogP contribution in [0.3, 0.4) is 0 Å². The van der Waals surface area contributed by atoms with E-state index in [1.807, 2.05) is 64.6 Å². The van der Waals surface area contributed by atoms with Crippen molar-refractivity contribution in [3.8, 4) is 34.3 Å². The quantitative estimate of drug-likeness (QED) is 0.162. The molecule has 1 aliphatic carbocycles. The molecule has 1 unspecified atom stereocenters. The molecule has 1 atom stereocenters. The van der Waals surface area contributed by atoms with Crippen LogP contribution >= 0.6 is 0 Å². The number of nitriles is 1. The van der Waals surface area contributed by atoms with E-state index in [-0.39, 0.29) is 48.5 Å². The van der Waals surface area contributed by atoms with E-state index in [1.54, 1.807) is 28.9 Å². The van der Waals surface area contributed by atoms with Gasteiger partial charge in [-0.25, -0.2) is 23.3 Å². The molecule has 4 aliphatic rings. The van der Waals surface area contributed by atoms with Crippen LogP contribution in [0.1, 0.15) is 55.7 Å². The Balaban J connectivity index is 0.752. The maximum Gasteiger partial charge on any atom is 0.249 e. The summed E-state index contributed by atoms with van der Waals surface area (Å²) in [5.74, 6) is -0.685. The van der Waals surface area contributed by atoms with Gasteiger partial charge in [0.2, 0.25) is 17.7 Å². The van der Waals surface area contributed by atoms with Gasteiger partial charge in [0.15, 0.2) is 11.6 Å². The normalized spacial score (nSPS) is 20.3. The second-order valence-corrected chi connectivity index (χ2v) is 17.8. The van der Waals surface area contributed by atoms with Crippen LogP contribution in [0.4, 0.5) is 26.0 Å². The number of ether oxygens (including phenoxy) is 1. The number of piperidine rings is 1. The monoisotopic (exact) mass is 923 g/mol. The number of carbonyl (C=O) groups excluding carboxylic acids is 3. The van der Waals surface area contributed by atoms with Gasteiger partial charge in [-0.2, -0.15) is 15.5 Å². The Morgan fingerprint density at radius 3 is 2.29 bits per heavy atom. The number of nitrogens with one attached hydrogen (secondary N) is 2. The third-order valence-electron chi connectivity index (χ3n) is 13.8. The van der Waals surface area contributed by atoms with Gasteiger partial charge in [0.1, 0.15) is 40.4 Å². The molecule has 350 valence electrons. The van der Waals surface area contributed by atoms with Crippen LogP contribution in [0.25, 0.3) is 28.0 Å². The molecule has 0 spiro atoms. The van der Waals surface area contributed by atoms with Gasteiger partial charge < -0.3 is 24.8 Å². The highest BCUT2D eigenvalue weighted by molar-refractivity contribution is 6.01. The lowest BCUT2D eigenvalue weighted by atomic mass is 9.90. The first-order chi connectivity index (χ1) is 33.1. The summed E-state index contributed by atoms with van der Waals surface area (Å²) < 4.78 is 39.9. The predicted octanol–water partition coefficient (Wildman–Crippen LogP) is 5.23. The van der Waals surface area contributed by atoms with Crippen LogP contribution in [0, 0.1) is 23.0 Å². The average molecular weight is 924 g/mol. The first-order valence-corrected chi connectivity index (χ1v) is 23.1. The van der Waals surface area contributed by atoms with E-state index in [0.717, 1.165) is 48.2 Å². The van der Waals surface area contributed by atoms with E-state index in [4.69, 9.17) is 19.8 Å². The highest BCUT2D eigenvalue weighted by Gasteiger charge is 2.32. The zero-order chi connectivity index (χ0) is 46.9. The number of piperazine rings is 2. The maximum atomic E-state index is 15.4. The molecule has 3 amide bonds. The van der Waals surface area contributed by atoms with Crippen molar-refractivity contribution in [3.05, 3.63) is 102 Å². The van der Waals surface area contributed by atoms with Crippen molar-refractivity contribution in [2.75, 3.05) is 74.6 Å². The lowest BCUT2D eigenvalue weighted by Gasteiger charge is -2.42. The second kappa shape index (κ2) is 19.0. The number of hydrogen-bond donors (Lipinski definition) is 2. The second-order valence-electron chi connectivity index (χ2n) is 17.8. The van der Waals surface area contributed by atoms with E-state index in [2.05, 4.69) is 31.6 Å². The van der Waals surface area contributed by atoms with Crippen molar-refractivity contribution in [1.82, 2.24) is 44.5 Å². The third-order valence-corrected chi connectivity index (χ3v) is 13.8. The topological polar surface area (TPSA) is 182 Å². The fourth-order valence-electron chi connectivity index (χ4n) is 10.1. The van der Waals surface area contributed by atoms with Crippen LogP contribution in [0.2, 0.25) is 0 Å². The smallest absolute Gasteiger partial charge is 0.249 e. The Morgan fingerprint density at radius 2 is 1.59 bits per heavy atom. The number of methoxy groups -OCH3 is 1. The molecule has 7 heterocycles. The van der Waals surface area contributed by atoms with Crippen molar-refractivity contribution in [3.63, 3.8) is 0 Å². The molecule has 17 nitrogen and oxygen atoms in total. The van der Waals surface area contributed by atoms with Crippen molar-refractivity contribution in [2.24, 2.45) is 0 Å². The number of halogens is 2. The molecule has 2 N–H and O–H groups in total. The van der Waals surface area contributed by atoms with Gasteiger partial charge in [-0.05, 0) is 62.4 Å². The average Bonchev–Trinajstić information content (AvgIpc) is 4.03. The molecule has 3 saturated heterocycles. The molecule has 10 rings (SSSR count). The number of nitrogens with zero attached hydrogens (tertiary/aromatic N) is 11. The fourth-order valence-corrected chi connectivity index (χ4v) is 10.1. The fraction of sp³-hybridized carbons (Fsp3) is 0.388. The summed E-state index contributed by atoms with van der Waals surface area (Å²) in [6.45, 7) is 4.76. The van der Waals surface area contributed by atoms with Crippen LogP contribution in [-0.2, 0) is 20.8 Å². The van der Waals surface area contributed by atoms with Crippen LogP contribution < -0.4 is 25.2 Å². The number of anilines is 3. The van der Waals surface area contributed by atoms with Crippen molar-refractivity contribution in [1.29, 1.82) is 5.26 Å². The third kappa shape index (κ3) is 9.03. The lowest BCUT2D eigenvalue weighted by molar-refractivity contribution is -0.134. The van der Waals surface area contributed by atoms with Crippen LogP contribution in [-0.4, -0.2) is 128 Å². The van der Waals surface area contributed by atoms with Gasteiger partial charge in [0.25, 0.3) is 0 Å². The van der Waals surface area contributed by atoms with Crippen LogP contribution in [0.5, 0.6) is 5.75 Å². The minimum Gasteiger partial charge on any atom is -0.496 e. The summed E-state index contributed by atoms with van der Waals surface area (Å²) in [5, 5.41) is 24.4. The maximum absolute atomic E-state index is 15.4. The summed E-state index contributed by atoms with van der Waals surface area (Å²) in [6.07, 6.45) is 13.4. The molecule has 0 bridgehead atoms. The minimum atomic E-state index is -0.736. The SMILES string of the molecule is COc1ccccc1CC(=O)N1CCN(c2ccc(-c3nc(-c4cnn(C5CCC(N6CCN(c7c(F)cc(NC8CCC(=O)NC8=O)cc7F)CC6)CC5)c4)cn4ncc(C#N)c34)cn2)CC1. The van der Waals surface area contributed by atoms with Crippen LogP contribution in [0.15, 0.2) is 79.5 Å². The first kappa shape index (κ1) is 44.4. The number of pyridine rings is 1. The van der Waals surface area contributed by atoms with E-state index in [1.165, 1.54) is 12.1 Å². The number of para-hydroxylation sites is 1. The lowest BCUT2D eigenvalue weighted by Crippen LogP contribution is -2.51. The zero-order valence-corrected chi connectivity index (χ0v) is 37.7. The molecule has 3 aliphatic heterocycles. The number of imide groups is 1. The van der Waals surface area contributed by atoms with Crippen molar-refractivity contribution >= 4 is 40.4 Å². The van der Waals surface area contributed by atoms with Gasteiger partial charge >= 0.3 is 0 Å². The van der Waals surface area contributed by atoms with Crippen molar-refractivity contribution in [2.45, 2.75) is 63.1 Å². The first-order valence-electron chi connectivity index (χ1n) is 23.1. The predicted molar refractivity (Wildman–Crippen MR) is 249 cm³/mol. The highest BCUT2D eigenvalue weighted by atomic mass is 19.1. The Bertz CT molecular complexity index is 2870. The molecular weight excluding hydrogens is 873 g/mol. The Kier molecular flexibility index (Phi) is 12.4. The summed E-state index contributed by atoms with van der Waals surface area (Å²) in [6, 6.07) is 16.0. The summed E-state index contributed by atoms with van der Waals surface area (Å²) in [7, 11) is 1.61. The molecule has 6 aromatic rings. The van der Waals surface area contributed by atoms with E-state index in [0.29, 0.717) is 86.6 Å². The number of amides is 3. The zero-order valence-electron chi connectivity index (χ0n) is 37.7. The number of aromatic nitrogens is 6. The molecule has 19 heteroatoms. The molecule has 0 radical (unpaired) electrons. The highest BCUT2D eigenvalue weighted by Crippen LogP contribution is 2.35. The summed E-state index contributed by atoms with van der Waals surface area (Å²) in [5.41, 5.74) is 4.75. The number of carbonyl (C=O) groups is 3. The molecule has 2 aromatic carbocycles. The summed E-state index contributed by atoms with van der Waals surface area (Å²) in [4.78, 5) is 55.0. The number of fused-ring (bicyclic) bond motifs is 1. The molecular formula is C49H51F2N13O4. The van der Waals surface area contributed by atoms with Gasteiger partial charge in [-0.3, -0.25) is 29.3 Å². The van der Waals surface area contributed by atoms with Gasteiger partial charge in [0.05, 0.1) is 49.6 Å². The molecule has 4 aromatic heterocycles. The minimum absolute atomic E-state index is 0.0624.